The van der Waals surface area contributed by atoms with E-state index in [4.69, 9.17) is 10.8 Å². The number of rotatable bonds is 5. The van der Waals surface area contributed by atoms with Crippen molar-refractivity contribution in [3.63, 3.8) is 0 Å². The molecular weight excluding hydrogens is 144 g/mol. The fourth-order valence-corrected chi connectivity index (χ4v) is 0.987. The first-order valence-electron chi connectivity index (χ1n) is 3.79. The van der Waals surface area contributed by atoms with Crippen molar-refractivity contribution in [1.82, 2.24) is 5.32 Å². The lowest BCUT2D eigenvalue weighted by atomic mass is 10.0. The highest BCUT2D eigenvalue weighted by molar-refractivity contribution is 5.74. The molecule has 2 unspecified atom stereocenters. The number of nitrogens with one attached hydrogen (secondary N) is 1. The van der Waals surface area contributed by atoms with Gasteiger partial charge in [-0.3, -0.25) is 4.79 Å². The summed E-state index contributed by atoms with van der Waals surface area (Å²) < 4.78 is 0. The second kappa shape index (κ2) is 5.09. The zero-order valence-corrected chi connectivity index (χ0v) is 7.00. The highest BCUT2D eigenvalue weighted by Gasteiger charge is 2.21. The predicted octanol–water partition coefficient (Wildman–Crippen LogP) is -0.214. The van der Waals surface area contributed by atoms with E-state index in [1.54, 1.807) is 7.05 Å². The molecule has 4 nitrogen and oxygen atoms in total. The average Bonchev–Trinajstić information content (AvgIpc) is 1.98. The van der Waals surface area contributed by atoms with Crippen LogP contribution in [0, 0.1) is 0 Å². The molecule has 0 aromatic rings. The number of hydrogen-bond donors (Lipinski definition) is 3. The van der Waals surface area contributed by atoms with Crippen LogP contribution in [0.1, 0.15) is 19.8 Å². The standard InChI is InChI=1S/C7H16N2O2/c1-3-4-5(9-2)6(8)7(10)11/h5-6,9H,3-4,8H2,1-2H3,(H,10,11). The largest absolute Gasteiger partial charge is 0.480 e. The van der Waals surface area contributed by atoms with Gasteiger partial charge >= 0.3 is 5.97 Å². The van der Waals surface area contributed by atoms with Crippen LogP contribution in [0.4, 0.5) is 0 Å². The Morgan fingerprint density at radius 1 is 1.73 bits per heavy atom. The average molecular weight is 160 g/mol. The molecule has 0 saturated carbocycles. The highest BCUT2D eigenvalue weighted by atomic mass is 16.4. The lowest BCUT2D eigenvalue weighted by Gasteiger charge is -2.18. The molecule has 0 aromatic heterocycles. The normalized spacial score (nSPS) is 15.9. The molecule has 11 heavy (non-hydrogen) atoms. The molecule has 66 valence electrons. The number of carbonyl (C=O) groups is 1. The van der Waals surface area contributed by atoms with Crippen LogP contribution in [0.3, 0.4) is 0 Å². The van der Waals surface area contributed by atoms with Crippen molar-refractivity contribution >= 4 is 5.97 Å². The smallest absolute Gasteiger partial charge is 0.322 e. The number of aliphatic carboxylic acids is 1. The number of hydrogen-bond acceptors (Lipinski definition) is 3. The Morgan fingerprint density at radius 2 is 2.27 bits per heavy atom. The van der Waals surface area contributed by atoms with E-state index >= 15 is 0 Å². The van der Waals surface area contributed by atoms with E-state index in [-0.39, 0.29) is 6.04 Å². The summed E-state index contributed by atoms with van der Waals surface area (Å²) in [6.45, 7) is 2.00. The van der Waals surface area contributed by atoms with E-state index in [9.17, 15) is 4.79 Å². The summed E-state index contributed by atoms with van der Waals surface area (Å²) in [6.07, 6.45) is 1.73. The van der Waals surface area contributed by atoms with Crippen LogP contribution in [0.2, 0.25) is 0 Å². The van der Waals surface area contributed by atoms with Crippen molar-refractivity contribution in [3.8, 4) is 0 Å². The maximum atomic E-state index is 10.4. The van der Waals surface area contributed by atoms with Gasteiger partial charge in [-0.15, -0.1) is 0 Å². The van der Waals surface area contributed by atoms with Crippen LogP contribution in [-0.4, -0.2) is 30.2 Å². The lowest BCUT2D eigenvalue weighted by molar-refractivity contribution is -0.139. The van der Waals surface area contributed by atoms with Crippen LogP contribution in [-0.2, 0) is 4.79 Å². The quantitative estimate of drug-likeness (QED) is 0.520. The van der Waals surface area contributed by atoms with Gasteiger partial charge in [-0.05, 0) is 13.5 Å². The van der Waals surface area contributed by atoms with E-state index in [1.807, 2.05) is 6.92 Å². The SMILES string of the molecule is CCCC(NC)C(N)C(=O)O. The van der Waals surface area contributed by atoms with Crippen molar-refractivity contribution in [3.05, 3.63) is 0 Å². The summed E-state index contributed by atoms with van der Waals surface area (Å²) in [6, 6.07) is -0.905. The first-order chi connectivity index (χ1) is 5.13. The molecule has 0 spiro atoms. The third-order valence-corrected chi connectivity index (χ3v) is 1.69. The molecule has 4 heteroatoms. The van der Waals surface area contributed by atoms with Crippen LogP contribution >= 0.6 is 0 Å². The Bertz CT molecular complexity index is 128. The maximum absolute atomic E-state index is 10.4. The van der Waals surface area contributed by atoms with Crippen molar-refractivity contribution < 1.29 is 9.90 Å². The maximum Gasteiger partial charge on any atom is 0.322 e. The molecule has 0 radical (unpaired) electrons. The Hall–Kier alpha value is -0.610. The van der Waals surface area contributed by atoms with Gasteiger partial charge in [-0.1, -0.05) is 13.3 Å². The van der Waals surface area contributed by atoms with Crippen LogP contribution < -0.4 is 11.1 Å². The molecule has 2 atom stereocenters. The predicted molar refractivity (Wildman–Crippen MR) is 43.4 cm³/mol. The highest BCUT2D eigenvalue weighted by Crippen LogP contribution is 1.99. The van der Waals surface area contributed by atoms with Gasteiger partial charge in [0.2, 0.25) is 0 Å². The molecule has 0 aliphatic rings. The van der Waals surface area contributed by atoms with Crippen molar-refractivity contribution in [2.24, 2.45) is 5.73 Å². The Kier molecular flexibility index (Phi) is 4.81. The van der Waals surface area contributed by atoms with Gasteiger partial charge in [0.25, 0.3) is 0 Å². The molecule has 0 rings (SSSR count). The molecule has 0 bridgehead atoms. The van der Waals surface area contributed by atoms with E-state index < -0.39 is 12.0 Å². The number of carboxylic acids is 1. The molecule has 0 amide bonds. The number of nitrogens with two attached hydrogens (primary N) is 1. The molecule has 4 N–H and O–H groups in total. The minimum Gasteiger partial charge on any atom is -0.480 e. The minimum absolute atomic E-state index is 0.113. The third kappa shape index (κ3) is 3.34. The number of likely N-dealkylation sites (N-methyl/N-ethyl adjacent to an activating group) is 1. The Balaban J connectivity index is 3.91. The van der Waals surface area contributed by atoms with Crippen LogP contribution in [0.5, 0.6) is 0 Å². The zero-order valence-electron chi connectivity index (χ0n) is 7.00. The van der Waals surface area contributed by atoms with Gasteiger partial charge in [0.1, 0.15) is 6.04 Å². The minimum atomic E-state index is -0.946. The molecule has 0 heterocycles. The third-order valence-electron chi connectivity index (χ3n) is 1.69. The van der Waals surface area contributed by atoms with Gasteiger partial charge in [0, 0.05) is 6.04 Å². The summed E-state index contributed by atoms with van der Waals surface area (Å²) >= 11 is 0. The van der Waals surface area contributed by atoms with Gasteiger partial charge in [0.05, 0.1) is 0 Å². The van der Waals surface area contributed by atoms with Crippen molar-refractivity contribution in [2.75, 3.05) is 7.05 Å². The summed E-state index contributed by atoms with van der Waals surface area (Å²) in [7, 11) is 1.73. The fraction of sp³-hybridized carbons (Fsp3) is 0.857. The second-order valence-electron chi connectivity index (χ2n) is 2.55. The molecule has 0 aromatic carbocycles. The van der Waals surface area contributed by atoms with Crippen LogP contribution in [0.25, 0.3) is 0 Å². The van der Waals surface area contributed by atoms with Crippen LogP contribution in [0.15, 0.2) is 0 Å². The number of carboxylic acid groups (broad SMARTS) is 1. The van der Waals surface area contributed by atoms with Gasteiger partial charge < -0.3 is 16.2 Å². The Morgan fingerprint density at radius 3 is 2.55 bits per heavy atom. The molecule has 0 saturated heterocycles. The van der Waals surface area contributed by atoms with Gasteiger partial charge in [-0.25, -0.2) is 0 Å². The zero-order chi connectivity index (χ0) is 8.85. The fourth-order valence-electron chi connectivity index (χ4n) is 0.987. The first-order valence-corrected chi connectivity index (χ1v) is 3.79. The molecule has 0 fully saturated rings. The van der Waals surface area contributed by atoms with Crippen molar-refractivity contribution in [2.45, 2.75) is 31.8 Å². The summed E-state index contributed by atoms with van der Waals surface area (Å²) in [4.78, 5) is 10.4. The van der Waals surface area contributed by atoms with Gasteiger partial charge in [0.15, 0.2) is 0 Å². The topological polar surface area (TPSA) is 75.3 Å². The van der Waals surface area contributed by atoms with E-state index in [1.165, 1.54) is 0 Å². The Labute approximate surface area is 66.8 Å². The lowest BCUT2D eigenvalue weighted by Crippen LogP contribution is -2.48. The first kappa shape index (κ1) is 10.4. The second-order valence-corrected chi connectivity index (χ2v) is 2.55. The summed E-state index contributed by atoms with van der Waals surface area (Å²) in [5, 5.41) is 11.4. The van der Waals surface area contributed by atoms with Crippen molar-refractivity contribution in [1.29, 1.82) is 0 Å². The molecule has 0 aliphatic carbocycles. The monoisotopic (exact) mass is 160 g/mol. The molecular formula is C7H16N2O2. The summed E-state index contributed by atoms with van der Waals surface area (Å²) in [5.41, 5.74) is 5.40. The summed E-state index contributed by atoms with van der Waals surface area (Å²) in [5.74, 6) is -0.946. The van der Waals surface area contributed by atoms with E-state index in [0.29, 0.717) is 0 Å². The van der Waals surface area contributed by atoms with E-state index in [2.05, 4.69) is 5.32 Å². The van der Waals surface area contributed by atoms with Gasteiger partial charge in [-0.2, -0.15) is 0 Å². The molecule has 0 aliphatic heterocycles. The van der Waals surface area contributed by atoms with E-state index in [0.717, 1.165) is 12.8 Å².